The maximum Gasteiger partial charge on any atom is 2.00 e. The topological polar surface area (TPSA) is 58.2 Å². The number of amides is 2. The minimum absolute atomic E-state index is 0. The van der Waals surface area contributed by atoms with E-state index in [1.807, 2.05) is 25.7 Å². The van der Waals surface area contributed by atoms with Gasteiger partial charge in [0.25, 0.3) is 0 Å². The van der Waals surface area contributed by atoms with E-state index in [2.05, 4.69) is 183 Å². The predicted molar refractivity (Wildman–Crippen MR) is 226 cm³/mol. The molecule has 0 bridgehead atoms. The molecule has 8 heteroatoms. The Morgan fingerprint density at radius 1 is 0.357 bits per heavy atom. The molecule has 2 N–H and O–H groups in total. The molecule has 4 aliphatic rings. The summed E-state index contributed by atoms with van der Waals surface area (Å²) < 4.78 is 0. The molecule has 0 aromatic heterocycles. The number of hydrogen-bond acceptors (Lipinski definition) is 2. The average Bonchev–Trinajstić information content (AvgIpc) is 4.08. The zero-order valence-corrected chi connectivity index (χ0v) is 34.6. The number of nitrogens with one attached hydrogen (secondary N) is 2. The van der Waals surface area contributed by atoms with Crippen molar-refractivity contribution < 1.29 is 43.7 Å². The van der Waals surface area contributed by atoms with Crippen LogP contribution in [0.1, 0.15) is 0 Å². The Morgan fingerprint density at radius 2 is 0.589 bits per heavy atom. The van der Waals surface area contributed by atoms with E-state index >= 15 is 0 Å². The molecule has 0 unspecified atom stereocenters. The summed E-state index contributed by atoms with van der Waals surface area (Å²) in [5.41, 5.74) is 2.84. The summed E-state index contributed by atoms with van der Waals surface area (Å²) in [6.07, 6.45) is 31.6. The molecule has 2 amide bonds. The second-order valence-corrected chi connectivity index (χ2v) is 16.6. The van der Waals surface area contributed by atoms with Gasteiger partial charge in [0.05, 0.1) is 11.8 Å². The molecule has 0 atom stereocenters. The van der Waals surface area contributed by atoms with Crippen molar-refractivity contribution in [3.05, 3.63) is 247 Å². The smallest absolute Gasteiger partial charge is 0.354 e. The van der Waals surface area contributed by atoms with E-state index in [1.165, 1.54) is 32.5 Å². The Hall–Kier alpha value is -2.28. The molecule has 278 valence electrons. The van der Waals surface area contributed by atoms with Gasteiger partial charge in [-0.3, -0.25) is 9.59 Å². The summed E-state index contributed by atoms with van der Waals surface area (Å²) in [6.45, 7) is 0.826. The molecule has 20 radical (unpaired) electrons. The van der Waals surface area contributed by atoms with Gasteiger partial charge in [0.15, 0.2) is 0 Å². The van der Waals surface area contributed by atoms with Crippen LogP contribution >= 0.6 is 15.8 Å². The quantitative estimate of drug-likeness (QED) is 0.0973. The molecule has 4 aliphatic carbocycles. The van der Waals surface area contributed by atoms with E-state index in [0.29, 0.717) is 24.9 Å². The minimum atomic E-state index is -0.409. The van der Waals surface area contributed by atoms with E-state index in [0.717, 1.165) is 0 Å². The van der Waals surface area contributed by atoms with Crippen molar-refractivity contribution >= 4 is 48.9 Å². The Balaban J connectivity index is 0.000000183. The fourth-order valence-corrected chi connectivity index (χ4v) is 10.4. The predicted octanol–water partition coefficient (Wildman–Crippen LogP) is 6.99. The van der Waals surface area contributed by atoms with Crippen LogP contribution in [0.3, 0.4) is 0 Å². The molecule has 4 aromatic carbocycles. The Kier molecular flexibility index (Phi) is 21.5. The van der Waals surface area contributed by atoms with Crippen molar-refractivity contribution in [3.8, 4) is 0 Å². The number of benzene rings is 4. The fourth-order valence-electron chi connectivity index (χ4n) is 5.84. The molecule has 0 aliphatic heterocycles. The van der Waals surface area contributed by atoms with E-state index in [9.17, 15) is 9.59 Å². The third-order valence-corrected chi connectivity index (χ3v) is 13.3. The monoisotopic (exact) mass is 852 g/mol. The largest absolute Gasteiger partial charge is 2.00 e. The van der Waals surface area contributed by atoms with Crippen LogP contribution in [0.15, 0.2) is 121 Å². The van der Waals surface area contributed by atoms with Gasteiger partial charge in [-0.05, 0) is 140 Å². The first-order valence-electron chi connectivity index (χ1n) is 17.9. The minimum Gasteiger partial charge on any atom is -0.354 e. The summed E-state index contributed by atoms with van der Waals surface area (Å²) in [4.78, 5) is 23.1. The maximum absolute atomic E-state index is 11.6. The molecule has 0 saturated heterocycles. The van der Waals surface area contributed by atoms with E-state index in [-0.39, 0.29) is 46.0 Å². The molecule has 4 fully saturated rings. The van der Waals surface area contributed by atoms with E-state index < -0.39 is 15.8 Å². The third-order valence-electron chi connectivity index (χ3n) is 8.41. The first kappa shape index (κ1) is 46.4. The van der Waals surface area contributed by atoms with Crippen LogP contribution in [0.4, 0.5) is 0 Å². The summed E-state index contributed by atoms with van der Waals surface area (Å²) in [6, 6.07) is 43.1. The SMILES string of the molecule is O=C(NCCNC(=O)[C]1[CH][CH][CH][CH]1)[C]1[CH][CH][CH][CH]1.[CH]1[CH][CH][C](P(c2ccccc2)c2ccccc2)[CH]1.[CH]1[CH][CH][C](P(c2ccccc2)c2ccccc2)[CH]1.[Fe+2].[Fe+2]. The van der Waals surface area contributed by atoms with Crippen LogP contribution in [0.2, 0.25) is 0 Å². The van der Waals surface area contributed by atoms with E-state index in [1.54, 1.807) is 25.7 Å². The summed E-state index contributed by atoms with van der Waals surface area (Å²) in [7, 11) is -0.818. The molecular formula is C48H42Fe2N2O2P2+4. The molecule has 4 saturated carbocycles. The zero-order valence-electron chi connectivity index (χ0n) is 30.6. The third kappa shape index (κ3) is 14.2. The van der Waals surface area contributed by atoms with Crippen molar-refractivity contribution in [2.75, 3.05) is 13.1 Å². The number of carbonyl (C=O) groups is 2. The van der Waals surface area contributed by atoms with Crippen molar-refractivity contribution in [1.82, 2.24) is 10.6 Å². The normalized spacial score (nSPS) is 17.2. The molecule has 4 nitrogen and oxygen atoms in total. The average molecular weight is 853 g/mol. The van der Waals surface area contributed by atoms with Gasteiger partial charge >= 0.3 is 34.1 Å². The van der Waals surface area contributed by atoms with Gasteiger partial charge in [-0.15, -0.1) is 0 Å². The van der Waals surface area contributed by atoms with Crippen molar-refractivity contribution in [2.45, 2.75) is 0 Å². The van der Waals surface area contributed by atoms with Crippen LogP contribution in [0.25, 0.3) is 0 Å². The molecule has 8 rings (SSSR count). The standard InChI is InChI=1S/2C17H14P.C14H14N2O2.2Fe/c2*1-3-9-15(10-4-1)18(17-13-7-8-14-17)16-11-5-2-6-12-16;17-13(11-5-1-2-6-11)15-9-10-16-14(18)12-7-3-4-8-12;;/h2*1-14H;1-8H,9-10H2,(H,15,17)(H,16,18);;/q;;;2*+2. The molecule has 0 spiro atoms. The second kappa shape index (κ2) is 25.9. The zero-order chi connectivity index (χ0) is 37.2. The van der Waals surface area contributed by atoms with Crippen LogP contribution in [-0.4, -0.2) is 24.9 Å². The Labute approximate surface area is 361 Å². The Bertz CT molecular complexity index is 1440. The summed E-state index contributed by atoms with van der Waals surface area (Å²) in [5.74, 6) is 1.03. The van der Waals surface area contributed by atoms with Crippen molar-refractivity contribution in [2.24, 2.45) is 0 Å². The van der Waals surface area contributed by atoms with Crippen LogP contribution in [0.5, 0.6) is 0 Å². The van der Waals surface area contributed by atoms with Crippen molar-refractivity contribution in [3.63, 3.8) is 0 Å². The van der Waals surface area contributed by atoms with Gasteiger partial charge in [-0.25, -0.2) is 0 Å². The maximum atomic E-state index is 11.6. The van der Waals surface area contributed by atoms with Crippen molar-refractivity contribution in [1.29, 1.82) is 0 Å². The van der Waals surface area contributed by atoms with Gasteiger partial charge in [0.1, 0.15) is 0 Å². The van der Waals surface area contributed by atoms with E-state index in [4.69, 9.17) is 0 Å². The number of hydrogen-bond donors (Lipinski definition) is 2. The van der Waals surface area contributed by atoms with Gasteiger partial charge in [-0.1, -0.05) is 121 Å². The number of rotatable bonds is 11. The summed E-state index contributed by atoms with van der Waals surface area (Å²) >= 11 is 0. The first-order chi connectivity index (χ1) is 26.7. The van der Waals surface area contributed by atoms with Gasteiger partial charge in [0.2, 0.25) is 11.8 Å². The molecule has 4 aromatic rings. The number of carbonyl (C=O) groups excluding carboxylic acids is 2. The fraction of sp³-hybridized carbons (Fsp3) is 0.0417. The second-order valence-electron chi connectivity index (χ2n) is 12.2. The van der Waals surface area contributed by atoms with Gasteiger partial charge in [-0.2, -0.15) is 0 Å². The summed E-state index contributed by atoms with van der Waals surface area (Å²) in [5, 5.41) is 11.1. The van der Waals surface area contributed by atoms with Gasteiger partial charge < -0.3 is 10.6 Å². The molecular weight excluding hydrogens is 810 g/mol. The van der Waals surface area contributed by atoms with Crippen LogP contribution in [0, 0.1) is 126 Å². The Morgan fingerprint density at radius 3 is 0.839 bits per heavy atom. The molecule has 56 heavy (non-hydrogen) atoms. The molecule has 0 heterocycles. The van der Waals surface area contributed by atoms with Gasteiger partial charge in [0, 0.05) is 24.4 Å². The first-order valence-corrected chi connectivity index (χ1v) is 20.6. The van der Waals surface area contributed by atoms with Crippen LogP contribution < -0.4 is 31.9 Å². The van der Waals surface area contributed by atoms with Crippen LogP contribution in [-0.2, 0) is 43.7 Å².